The van der Waals surface area contributed by atoms with Gasteiger partial charge in [-0.2, -0.15) is 0 Å². The Morgan fingerprint density at radius 2 is 1.56 bits per heavy atom. The second kappa shape index (κ2) is 8.06. The normalized spacial score (nSPS) is 51.3. The van der Waals surface area contributed by atoms with Gasteiger partial charge in [0.2, 0.25) is 0 Å². The van der Waals surface area contributed by atoms with E-state index in [2.05, 4.69) is 55.4 Å². The number of aliphatic hydroxyl groups is 2. The van der Waals surface area contributed by atoms with Gasteiger partial charge in [-0.15, -0.1) is 0 Å². The van der Waals surface area contributed by atoms with E-state index in [1.807, 2.05) is 5.57 Å². The highest BCUT2D eigenvalue weighted by Gasteiger charge is 2.64. The van der Waals surface area contributed by atoms with Crippen LogP contribution in [-0.2, 0) is 4.74 Å². The molecule has 5 aliphatic rings. The van der Waals surface area contributed by atoms with E-state index in [1.165, 1.54) is 38.5 Å². The van der Waals surface area contributed by atoms with Crippen LogP contribution in [0.2, 0.25) is 0 Å². The van der Waals surface area contributed by atoms with Crippen molar-refractivity contribution < 1.29 is 14.9 Å². The first-order valence-electron chi connectivity index (χ1n) is 14.5. The van der Waals surface area contributed by atoms with Gasteiger partial charge < -0.3 is 14.9 Å². The lowest BCUT2D eigenvalue weighted by Crippen LogP contribution is -2.55. The standard InChI is InChI=1S/C31H52O3/c1-18(2)20-17-24(34-27(20)33)19(3)21-11-15-31(8)23-9-10-25-28(4,5)26(32)13-14-29(25,6)22(23)12-16-30(21,31)7/h18-21,24-27,32-33H,9-17H2,1-8H3/t19-,20-,21+,24-,25?,26-,27+,29+,30+,31-/m0/s1. The van der Waals surface area contributed by atoms with Crippen molar-refractivity contribution in [3.8, 4) is 0 Å². The molecule has 0 aromatic carbocycles. The number of aliphatic hydroxyl groups excluding tert-OH is 2. The van der Waals surface area contributed by atoms with Crippen molar-refractivity contribution in [2.24, 2.45) is 51.2 Å². The molecule has 0 bridgehead atoms. The largest absolute Gasteiger partial charge is 0.393 e. The predicted octanol–water partition coefficient (Wildman–Crippen LogP) is 7.11. The molecule has 1 heterocycles. The van der Waals surface area contributed by atoms with Gasteiger partial charge in [-0.3, -0.25) is 0 Å². The monoisotopic (exact) mass is 472 g/mol. The van der Waals surface area contributed by atoms with Gasteiger partial charge in [0.05, 0.1) is 12.2 Å². The maximum atomic E-state index is 10.9. The van der Waals surface area contributed by atoms with Crippen molar-refractivity contribution in [2.75, 3.05) is 0 Å². The topological polar surface area (TPSA) is 49.7 Å². The van der Waals surface area contributed by atoms with Gasteiger partial charge in [0.1, 0.15) is 0 Å². The van der Waals surface area contributed by atoms with E-state index in [1.54, 1.807) is 5.57 Å². The third-order valence-electron chi connectivity index (χ3n) is 13.1. The van der Waals surface area contributed by atoms with Crippen molar-refractivity contribution in [1.82, 2.24) is 0 Å². The number of ether oxygens (including phenoxy) is 1. The molecule has 5 rings (SSSR count). The molecule has 3 nitrogen and oxygen atoms in total. The minimum atomic E-state index is -0.589. The van der Waals surface area contributed by atoms with E-state index in [4.69, 9.17) is 4.74 Å². The molecule has 1 unspecified atom stereocenters. The van der Waals surface area contributed by atoms with E-state index in [-0.39, 0.29) is 34.4 Å². The fraction of sp³-hybridized carbons (Fsp3) is 0.935. The molecule has 1 aliphatic heterocycles. The molecule has 3 heteroatoms. The van der Waals surface area contributed by atoms with E-state index < -0.39 is 6.29 Å². The highest BCUT2D eigenvalue weighted by Crippen LogP contribution is 2.72. The molecule has 3 fully saturated rings. The van der Waals surface area contributed by atoms with Crippen molar-refractivity contribution in [1.29, 1.82) is 0 Å². The van der Waals surface area contributed by atoms with Crippen LogP contribution < -0.4 is 0 Å². The van der Waals surface area contributed by atoms with Gasteiger partial charge in [-0.25, -0.2) is 0 Å². The summed E-state index contributed by atoms with van der Waals surface area (Å²) in [6.45, 7) is 19.3. The molecule has 0 spiro atoms. The number of hydrogen-bond acceptors (Lipinski definition) is 3. The average molecular weight is 473 g/mol. The van der Waals surface area contributed by atoms with E-state index in [9.17, 15) is 10.2 Å². The SMILES string of the molecule is CC(C)[C@@H]1C[C@@H]([C@@H](C)[C@H]2CC[C@@]3(C)C4=C(CC[C@]23C)[C@@]2(C)CC[C@H](O)C(C)(C)C2CC4)O[C@H]1O. The van der Waals surface area contributed by atoms with Gasteiger partial charge in [0.15, 0.2) is 6.29 Å². The van der Waals surface area contributed by atoms with Gasteiger partial charge in [0.25, 0.3) is 0 Å². The average Bonchev–Trinajstić information content (AvgIpc) is 3.28. The number of fused-ring (bicyclic) bond motifs is 4. The van der Waals surface area contributed by atoms with Crippen molar-refractivity contribution in [3.05, 3.63) is 11.1 Å². The summed E-state index contributed by atoms with van der Waals surface area (Å²) in [7, 11) is 0. The van der Waals surface area contributed by atoms with Crippen LogP contribution in [0.15, 0.2) is 11.1 Å². The molecule has 0 amide bonds. The lowest BCUT2D eigenvalue weighted by molar-refractivity contribution is -0.134. The van der Waals surface area contributed by atoms with Gasteiger partial charge in [-0.05, 0) is 103 Å². The summed E-state index contributed by atoms with van der Waals surface area (Å²) >= 11 is 0. The molecule has 2 saturated carbocycles. The summed E-state index contributed by atoms with van der Waals surface area (Å²) < 4.78 is 6.21. The van der Waals surface area contributed by atoms with Gasteiger partial charge in [0, 0.05) is 5.92 Å². The molecule has 4 aliphatic carbocycles. The lowest BCUT2D eigenvalue weighted by atomic mass is 9.43. The molecule has 10 atom stereocenters. The van der Waals surface area contributed by atoms with Crippen molar-refractivity contribution >= 4 is 0 Å². The highest BCUT2D eigenvalue weighted by atomic mass is 16.6. The van der Waals surface area contributed by atoms with E-state index >= 15 is 0 Å². The number of allylic oxidation sites excluding steroid dienone is 2. The van der Waals surface area contributed by atoms with Crippen LogP contribution in [0, 0.1) is 51.2 Å². The highest BCUT2D eigenvalue weighted by molar-refractivity contribution is 5.38. The Kier molecular flexibility index (Phi) is 5.99. The maximum Gasteiger partial charge on any atom is 0.158 e. The first-order valence-corrected chi connectivity index (χ1v) is 14.5. The second-order valence-electron chi connectivity index (χ2n) is 14.8. The molecule has 34 heavy (non-hydrogen) atoms. The third-order valence-corrected chi connectivity index (χ3v) is 13.1. The Hall–Kier alpha value is -0.380. The Morgan fingerprint density at radius 1 is 0.853 bits per heavy atom. The van der Waals surface area contributed by atoms with Crippen molar-refractivity contribution in [2.45, 2.75) is 132 Å². The van der Waals surface area contributed by atoms with Crippen LogP contribution in [0.4, 0.5) is 0 Å². The summed E-state index contributed by atoms with van der Waals surface area (Å²) in [5.74, 6) is 2.47. The molecule has 194 valence electrons. The summed E-state index contributed by atoms with van der Waals surface area (Å²) in [4.78, 5) is 0. The summed E-state index contributed by atoms with van der Waals surface area (Å²) in [5, 5.41) is 21.4. The Morgan fingerprint density at radius 3 is 2.21 bits per heavy atom. The van der Waals surface area contributed by atoms with Gasteiger partial charge in [-0.1, -0.05) is 66.5 Å². The van der Waals surface area contributed by atoms with Crippen LogP contribution >= 0.6 is 0 Å². The fourth-order valence-corrected chi connectivity index (χ4v) is 10.5. The van der Waals surface area contributed by atoms with Gasteiger partial charge >= 0.3 is 0 Å². The second-order valence-corrected chi connectivity index (χ2v) is 14.8. The quantitative estimate of drug-likeness (QED) is 0.430. The Bertz CT molecular complexity index is 844. The smallest absolute Gasteiger partial charge is 0.158 e. The van der Waals surface area contributed by atoms with Crippen LogP contribution in [0.25, 0.3) is 0 Å². The van der Waals surface area contributed by atoms with E-state index in [0.29, 0.717) is 29.1 Å². The first kappa shape index (κ1) is 25.3. The van der Waals surface area contributed by atoms with Crippen LogP contribution in [-0.4, -0.2) is 28.7 Å². The number of hydrogen-bond donors (Lipinski definition) is 2. The summed E-state index contributed by atoms with van der Waals surface area (Å²) in [6, 6.07) is 0. The molecule has 2 N–H and O–H groups in total. The zero-order chi connectivity index (χ0) is 24.8. The minimum absolute atomic E-state index is 0.00745. The zero-order valence-electron chi connectivity index (χ0n) is 23.3. The molecule has 0 radical (unpaired) electrons. The van der Waals surface area contributed by atoms with E-state index in [0.717, 1.165) is 19.3 Å². The van der Waals surface area contributed by atoms with Crippen LogP contribution in [0.5, 0.6) is 0 Å². The lowest BCUT2D eigenvalue weighted by Gasteiger charge is -2.62. The molecule has 0 aromatic rings. The predicted molar refractivity (Wildman–Crippen MR) is 138 cm³/mol. The third kappa shape index (κ3) is 3.24. The first-order chi connectivity index (χ1) is 15.8. The van der Waals surface area contributed by atoms with Crippen LogP contribution in [0.3, 0.4) is 0 Å². The van der Waals surface area contributed by atoms with Crippen molar-refractivity contribution in [3.63, 3.8) is 0 Å². The van der Waals surface area contributed by atoms with Crippen LogP contribution in [0.1, 0.15) is 113 Å². The Balaban J connectivity index is 1.45. The summed E-state index contributed by atoms with van der Waals surface area (Å²) in [6.07, 6.45) is 10.1. The molecular formula is C31H52O3. The zero-order valence-corrected chi connectivity index (χ0v) is 23.3. The minimum Gasteiger partial charge on any atom is -0.393 e. The fourth-order valence-electron chi connectivity index (χ4n) is 10.5. The Labute approximate surface area is 209 Å². The number of rotatable bonds is 3. The molecule has 1 saturated heterocycles. The summed E-state index contributed by atoms with van der Waals surface area (Å²) in [5.41, 5.74) is 4.46. The molecule has 0 aromatic heterocycles. The molecular weight excluding hydrogens is 420 g/mol. The maximum absolute atomic E-state index is 10.9.